The SMILES string of the molecule is C=C/C=C(\C=C/C)n1c(NC2=CCCC=C2)cc(=O)c2c(N3CCN(S(C)(=O)=O)CC3)cc(C)nc21. The maximum atomic E-state index is 13.6. The second kappa shape index (κ2) is 10.7. The topological polar surface area (TPSA) is 87.5 Å². The van der Waals surface area contributed by atoms with Gasteiger partial charge in [0.2, 0.25) is 10.0 Å². The molecule has 0 spiro atoms. The number of fused-ring (bicyclic) bond motifs is 1. The average Bonchev–Trinajstić information content (AvgIpc) is 2.84. The first-order valence-electron chi connectivity index (χ1n) is 12.1. The number of nitrogens with zero attached hydrogens (tertiary/aromatic N) is 4. The zero-order valence-corrected chi connectivity index (χ0v) is 21.9. The highest BCUT2D eigenvalue weighted by molar-refractivity contribution is 7.88. The van der Waals surface area contributed by atoms with E-state index in [1.165, 1.54) is 10.6 Å². The van der Waals surface area contributed by atoms with Crippen LogP contribution in [0.4, 0.5) is 11.5 Å². The van der Waals surface area contributed by atoms with Crippen molar-refractivity contribution in [3.8, 4) is 0 Å². The zero-order chi connectivity index (χ0) is 25.9. The number of hydrogen-bond acceptors (Lipinski definition) is 6. The van der Waals surface area contributed by atoms with E-state index in [1.807, 2.05) is 48.8 Å². The first-order valence-corrected chi connectivity index (χ1v) is 13.9. The van der Waals surface area contributed by atoms with E-state index in [9.17, 15) is 13.2 Å². The summed E-state index contributed by atoms with van der Waals surface area (Å²) in [6.45, 7) is 9.45. The Labute approximate surface area is 212 Å². The van der Waals surface area contributed by atoms with Crippen molar-refractivity contribution >= 4 is 38.3 Å². The van der Waals surface area contributed by atoms with Gasteiger partial charge in [-0.15, -0.1) is 0 Å². The predicted molar refractivity (Wildman–Crippen MR) is 149 cm³/mol. The van der Waals surface area contributed by atoms with E-state index in [1.54, 1.807) is 12.1 Å². The number of nitrogens with one attached hydrogen (secondary N) is 1. The molecule has 0 bridgehead atoms. The van der Waals surface area contributed by atoms with E-state index >= 15 is 0 Å². The Morgan fingerprint density at radius 2 is 1.92 bits per heavy atom. The largest absolute Gasteiger partial charge is 0.368 e. The summed E-state index contributed by atoms with van der Waals surface area (Å²) in [7, 11) is -3.26. The normalized spacial score (nSPS) is 17.6. The number of hydrogen-bond donors (Lipinski definition) is 1. The van der Waals surface area contributed by atoms with Crippen LogP contribution in [-0.4, -0.2) is 54.7 Å². The van der Waals surface area contributed by atoms with Crippen LogP contribution in [0.3, 0.4) is 0 Å². The lowest BCUT2D eigenvalue weighted by Crippen LogP contribution is -2.48. The van der Waals surface area contributed by atoms with Gasteiger partial charge in [-0.05, 0) is 51.0 Å². The van der Waals surface area contributed by atoms with Gasteiger partial charge < -0.3 is 10.2 Å². The summed E-state index contributed by atoms with van der Waals surface area (Å²) in [5, 5.41) is 3.93. The number of sulfonamides is 1. The number of aromatic nitrogens is 2. The molecule has 3 heterocycles. The summed E-state index contributed by atoms with van der Waals surface area (Å²) in [5.74, 6) is 0.613. The minimum absolute atomic E-state index is 0.143. The number of aryl methyl sites for hydroxylation is 1. The van der Waals surface area contributed by atoms with Crippen LogP contribution in [0.5, 0.6) is 0 Å². The van der Waals surface area contributed by atoms with Crippen LogP contribution in [0, 0.1) is 6.92 Å². The van der Waals surface area contributed by atoms with Crippen molar-refractivity contribution in [3.05, 3.63) is 82.9 Å². The molecular weight excluding hydrogens is 474 g/mol. The molecule has 2 aliphatic rings. The molecule has 8 nitrogen and oxygen atoms in total. The van der Waals surface area contributed by atoms with Gasteiger partial charge in [0.25, 0.3) is 0 Å². The van der Waals surface area contributed by atoms with Gasteiger partial charge in [-0.3, -0.25) is 9.36 Å². The average molecular weight is 508 g/mol. The highest BCUT2D eigenvalue weighted by atomic mass is 32.2. The molecule has 0 amide bonds. The summed E-state index contributed by atoms with van der Waals surface area (Å²) in [6.07, 6.45) is 16.9. The van der Waals surface area contributed by atoms with Crippen LogP contribution in [0.1, 0.15) is 25.5 Å². The van der Waals surface area contributed by atoms with E-state index in [0.717, 1.165) is 35.6 Å². The third-order valence-corrected chi connectivity index (χ3v) is 7.58. The molecule has 9 heteroatoms. The third-order valence-electron chi connectivity index (χ3n) is 6.27. The molecule has 0 radical (unpaired) electrons. The maximum absolute atomic E-state index is 13.6. The second-order valence-corrected chi connectivity index (χ2v) is 10.9. The Balaban J connectivity index is 1.92. The summed E-state index contributed by atoms with van der Waals surface area (Å²) in [5.41, 5.74) is 3.67. The highest BCUT2D eigenvalue weighted by Gasteiger charge is 2.26. The summed E-state index contributed by atoms with van der Waals surface area (Å²) < 4.78 is 27.4. The lowest BCUT2D eigenvalue weighted by molar-refractivity contribution is 0.388. The van der Waals surface area contributed by atoms with Crippen molar-refractivity contribution in [2.75, 3.05) is 42.7 Å². The number of anilines is 2. The molecule has 0 aromatic carbocycles. The lowest BCUT2D eigenvalue weighted by Gasteiger charge is -2.35. The lowest BCUT2D eigenvalue weighted by atomic mass is 10.1. The summed E-state index contributed by atoms with van der Waals surface area (Å²) in [6, 6.07) is 3.52. The van der Waals surface area contributed by atoms with Crippen LogP contribution in [0.25, 0.3) is 16.7 Å². The Kier molecular flexibility index (Phi) is 7.61. The number of rotatable bonds is 7. The number of pyridine rings is 2. The van der Waals surface area contributed by atoms with E-state index in [4.69, 9.17) is 4.98 Å². The van der Waals surface area contributed by atoms with Crippen LogP contribution in [0.15, 0.2) is 71.7 Å². The highest BCUT2D eigenvalue weighted by Crippen LogP contribution is 2.30. The van der Waals surface area contributed by atoms with Crippen molar-refractivity contribution in [2.24, 2.45) is 0 Å². The number of piperazine rings is 1. The standard InChI is InChI=1S/C27H33N5O3S/c1-5-10-22(11-6-2)32-25(29-21-12-8-7-9-13-21)19-24(33)26-23(18-20(3)28-27(26)32)30-14-16-31(17-15-30)36(4,34)35/h5-6,8,10-13,18-19,29H,1,7,9,14-17H2,2-4H3/b11-6-,22-10+. The minimum Gasteiger partial charge on any atom is -0.368 e. The molecule has 0 unspecified atom stereocenters. The van der Waals surface area contributed by atoms with Gasteiger partial charge in [0.05, 0.1) is 17.3 Å². The molecule has 4 rings (SSSR count). The Hall–Kier alpha value is -3.43. The molecule has 36 heavy (non-hydrogen) atoms. The Morgan fingerprint density at radius 1 is 1.17 bits per heavy atom. The fourth-order valence-corrected chi connectivity index (χ4v) is 5.45. The van der Waals surface area contributed by atoms with E-state index < -0.39 is 10.0 Å². The quantitative estimate of drug-likeness (QED) is 0.570. The summed E-state index contributed by atoms with van der Waals surface area (Å²) >= 11 is 0. The van der Waals surface area contributed by atoms with Gasteiger partial charge in [0.1, 0.15) is 5.82 Å². The molecular formula is C27H33N5O3S. The number of allylic oxidation sites excluding steroid dienone is 8. The van der Waals surface area contributed by atoms with E-state index in [-0.39, 0.29) is 5.43 Å². The van der Waals surface area contributed by atoms with Crippen molar-refractivity contribution in [1.82, 2.24) is 13.9 Å². The fraction of sp³-hybridized carbons (Fsp3) is 0.333. The van der Waals surface area contributed by atoms with Gasteiger partial charge in [-0.2, -0.15) is 4.31 Å². The van der Waals surface area contributed by atoms with Crippen LogP contribution in [0.2, 0.25) is 0 Å². The first kappa shape index (κ1) is 25.7. The van der Waals surface area contributed by atoms with Gasteiger partial charge in [0.15, 0.2) is 11.1 Å². The predicted octanol–water partition coefficient (Wildman–Crippen LogP) is 4.04. The van der Waals surface area contributed by atoms with Crippen LogP contribution >= 0.6 is 0 Å². The van der Waals surface area contributed by atoms with Crippen molar-refractivity contribution < 1.29 is 8.42 Å². The van der Waals surface area contributed by atoms with Gasteiger partial charge in [-0.25, -0.2) is 13.4 Å². The molecule has 1 aliphatic carbocycles. The Morgan fingerprint density at radius 3 is 2.53 bits per heavy atom. The molecule has 2 aromatic rings. The molecule has 1 N–H and O–H groups in total. The molecule has 0 saturated carbocycles. The molecule has 0 atom stereocenters. The molecule has 2 aromatic heterocycles. The van der Waals surface area contributed by atoms with Gasteiger partial charge in [-0.1, -0.05) is 30.9 Å². The first-order chi connectivity index (χ1) is 17.2. The van der Waals surface area contributed by atoms with Crippen molar-refractivity contribution in [1.29, 1.82) is 0 Å². The van der Waals surface area contributed by atoms with Crippen LogP contribution < -0.4 is 15.6 Å². The monoisotopic (exact) mass is 507 g/mol. The molecule has 1 saturated heterocycles. The molecule has 1 fully saturated rings. The van der Waals surface area contributed by atoms with Gasteiger partial charge in [0, 0.05) is 49.3 Å². The van der Waals surface area contributed by atoms with E-state index in [2.05, 4.69) is 28.9 Å². The van der Waals surface area contributed by atoms with Crippen LogP contribution in [-0.2, 0) is 10.0 Å². The van der Waals surface area contributed by atoms with Gasteiger partial charge >= 0.3 is 0 Å². The van der Waals surface area contributed by atoms with Crippen molar-refractivity contribution in [2.45, 2.75) is 26.7 Å². The smallest absolute Gasteiger partial charge is 0.211 e. The summed E-state index contributed by atoms with van der Waals surface area (Å²) in [4.78, 5) is 20.5. The van der Waals surface area contributed by atoms with E-state index in [0.29, 0.717) is 43.0 Å². The van der Waals surface area contributed by atoms with Crippen molar-refractivity contribution in [3.63, 3.8) is 0 Å². The minimum atomic E-state index is -3.26. The molecule has 190 valence electrons. The zero-order valence-electron chi connectivity index (χ0n) is 21.1. The fourth-order valence-electron chi connectivity index (χ4n) is 4.63. The maximum Gasteiger partial charge on any atom is 0.211 e. The third kappa shape index (κ3) is 5.37. The molecule has 1 aliphatic heterocycles. The second-order valence-electron chi connectivity index (χ2n) is 8.95. The Bertz CT molecular complexity index is 1460.